The lowest BCUT2D eigenvalue weighted by Gasteiger charge is -2.35. The molecule has 0 aromatic carbocycles. The van der Waals surface area contributed by atoms with E-state index in [9.17, 15) is 4.79 Å². The van der Waals surface area contributed by atoms with E-state index in [1.807, 2.05) is 0 Å². The van der Waals surface area contributed by atoms with Crippen molar-refractivity contribution in [1.82, 2.24) is 10.3 Å². The van der Waals surface area contributed by atoms with Crippen LogP contribution in [0, 0.1) is 5.92 Å². The summed E-state index contributed by atoms with van der Waals surface area (Å²) in [5, 5.41) is 0. The molecule has 1 atom stereocenters. The molecule has 4 nitrogen and oxygen atoms in total. The van der Waals surface area contributed by atoms with Crippen LogP contribution in [0.3, 0.4) is 0 Å². The van der Waals surface area contributed by atoms with E-state index in [4.69, 9.17) is 5.84 Å². The fourth-order valence-electron chi connectivity index (χ4n) is 2.94. The predicted octanol–water partition coefficient (Wildman–Crippen LogP) is 1.66. The number of hydrogen-bond acceptors (Lipinski definition) is 3. The average Bonchev–Trinajstić information content (AvgIpc) is 2.56. The Morgan fingerprint density at radius 2 is 1.76 bits per heavy atom. The number of nitrogens with one attached hydrogen (secondary N) is 1. The molecule has 0 aliphatic heterocycles. The van der Waals surface area contributed by atoms with Crippen molar-refractivity contribution in [2.45, 2.75) is 64.5 Å². The minimum Gasteiger partial charge on any atom is -0.293 e. The Balaban J connectivity index is 2.68. The molecule has 0 radical (unpaired) electrons. The van der Waals surface area contributed by atoms with Crippen molar-refractivity contribution in [2.24, 2.45) is 11.8 Å². The van der Waals surface area contributed by atoms with Crippen LogP contribution in [-0.2, 0) is 4.79 Å². The summed E-state index contributed by atoms with van der Waals surface area (Å²) in [5.74, 6) is 5.50. The lowest BCUT2D eigenvalue weighted by molar-refractivity contribution is -0.128. The number of amides is 1. The largest absolute Gasteiger partial charge is 0.293 e. The first kappa shape index (κ1) is 14.5. The topological polar surface area (TPSA) is 58.4 Å². The average molecular weight is 241 g/mol. The standard InChI is InChI=1S/C13H27N3O/c1-10(2)12(13(17)15-14)16(3)11-8-6-4-5-7-9-11/h10-12H,4-9,14H2,1-3H3,(H,15,17). The van der Waals surface area contributed by atoms with Crippen molar-refractivity contribution in [3.05, 3.63) is 0 Å². The summed E-state index contributed by atoms with van der Waals surface area (Å²) in [5.41, 5.74) is 2.30. The molecule has 0 bridgehead atoms. The monoisotopic (exact) mass is 241 g/mol. The van der Waals surface area contributed by atoms with E-state index in [1.54, 1.807) is 0 Å². The predicted molar refractivity (Wildman–Crippen MR) is 70.2 cm³/mol. The first-order chi connectivity index (χ1) is 8.07. The van der Waals surface area contributed by atoms with Gasteiger partial charge in [-0.3, -0.25) is 15.1 Å². The van der Waals surface area contributed by atoms with Gasteiger partial charge in [-0.05, 0) is 25.8 Å². The zero-order valence-electron chi connectivity index (χ0n) is 11.4. The molecule has 1 fully saturated rings. The Morgan fingerprint density at radius 3 is 2.18 bits per heavy atom. The molecular weight excluding hydrogens is 214 g/mol. The van der Waals surface area contributed by atoms with E-state index < -0.39 is 0 Å². The van der Waals surface area contributed by atoms with Crippen LogP contribution in [0.25, 0.3) is 0 Å². The highest BCUT2D eigenvalue weighted by Gasteiger charge is 2.30. The number of hydrogen-bond donors (Lipinski definition) is 2. The molecule has 17 heavy (non-hydrogen) atoms. The molecule has 0 aromatic rings. The molecule has 1 saturated carbocycles. The Hall–Kier alpha value is -0.610. The third-order valence-corrected chi connectivity index (χ3v) is 3.88. The lowest BCUT2D eigenvalue weighted by Crippen LogP contribution is -2.53. The highest BCUT2D eigenvalue weighted by molar-refractivity contribution is 5.81. The second-order valence-electron chi connectivity index (χ2n) is 5.51. The molecule has 0 saturated heterocycles. The third-order valence-electron chi connectivity index (χ3n) is 3.88. The van der Waals surface area contributed by atoms with Gasteiger partial charge < -0.3 is 0 Å². The highest BCUT2D eigenvalue weighted by atomic mass is 16.2. The maximum atomic E-state index is 11.8. The highest BCUT2D eigenvalue weighted by Crippen LogP contribution is 2.24. The number of hydrazine groups is 1. The van der Waals surface area contributed by atoms with Crippen LogP contribution in [0.15, 0.2) is 0 Å². The quantitative estimate of drug-likeness (QED) is 0.340. The number of nitrogens with zero attached hydrogens (tertiary/aromatic N) is 1. The molecule has 100 valence electrons. The van der Waals surface area contributed by atoms with Gasteiger partial charge >= 0.3 is 0 Å². The van der Waals surface area contributed by atoms with Gasteiger partial charge in [0.2, 0.25) is 0 Å². The van der Waals surface area contributed by atoms with E-state index >= 15 is 0 Å². The van der Waals surface area contributed by atoms with Gasteiger partial charge in [-0.25, -0.2) is 5.84 Å². The lowest BCUT2D eigenvalue weighted by atomic mass is 9.98. The number of carbonyl (C=O) groups is 1. The molecule has 4 heteroatoms. The second kappa shape index (κ2) is 6.97. The van der Waals surface area contributed by atoms with Gasteiger partial charge in [-0.1, -0.05) is 39.5 Å². The molecule has 0 aromatic heterocycles. The van der Waals surface area contributed by atoms with Gasteiger partial charge in [0.1, 0.15) is 0 Å². The van der Waals surface area contributed by atoms with Crippen LogP contribution in [0.5, 0.6) is 0 Å². The van der Waals surface area contributed by atoms with Crippen molar-refractivity contribution >= 4 is 5.91 Å². The summed E-state index contributed by atoms with van der Waals surface area (Å²) in [6, 6.07) is 0.422. The van der Waals surface area contributed by atoms with Crippen molar-refractivity contribution in [1.29, 1.82) is 0 Å². The smallest absolute Gasteiger partial charge is 0.251 e. The SMILES string of the molecule is CC(C)C(C(=O)NN)N(C)C1CCCCCC1. The summed E-state index contributed by atoms with van der Waals surface area (Å²) in [6.07, 6.45) is 7.64. The van der Waals surface area contributed by atoms with Crippen molar-refractivity contribution in [2.75, 3.05) is 7.05 Å². The normalized spacial score (nSPS) is 20.4. The molecule has 1 unspecified atom stereocenters. The zero-order valence-corrected chi connectivity index (χ0v) is 11.4. The number of carbonyl (C=O) groups excluding carboxylic acids is 1. The Labute approximate surface area is 105 Å². The maximum absolute atomic E-state index is 11.8. The Morgan fingerprint density at radius 1 is 1.24 bits per heavy atom. The summed E-state index contributed by atoms with van der Waals surface area (Å²) < 4.78 is 0. The van der Waals surface area contributed by atoms with E-state index in [-0.39, 0.29) is 17.9 Å². The number of rotatable bonds is 4. The molecule has 3 N–H and O–H groups in total. The van der Waals surface area contributed by atoms with E-state index in [0.29, 0.717) is 6.04 Å². The minimum atomic E-state index is -0.108. The first-order valence-corrected chi connectivity index (χ1v) is 6.80. The summed E-state index contributed by atoms with van der Waals surface area (Å²) in [6.45, 7) is 4.15. The van der Waals surface area contributed by atoms with Crippen LogP contribution in [0.4, 0.5) is 0 Å². The fraction of sp³-hybridized carbons (Fsp3) is 0.923. The Bertz CT molecular complexity index is 235. The zero-order chi connectivity index (χ0) is 12.8. The maximum Gasteiger partial charge on any atom is 0.251 e. The summed E-state index contributed by atoms with van der Waals surface area (Å²) >= 11 is 0. The van der Waals surface area contributed by atoms with Crippen LogP contribution in [0.2, 0.25) is 0 Å². The molecule has 1 rings (SSSR count). The molecule has 0 heterocycles. The molecule has 1 aliphatic carbocycles. The van der Waals surface area contributed by atoms with Gasteiger partial charge in [-0.2, -0.15) is 0 Å². The van der Waals surface area contributed by atoms with Crippen LogP contribution in [0.1, 0.15) is 52.4 Å². The van der Waals surface area contributed by atoms with Crippen molar-refractivity contribution < 1.29 is 4.79 Å². The minimum absolute atomic E-state index is 0.0632. The van der Waals surface area contributed by atoms with Crippen LogP contribution in [-0.4, -0.2) is 29.9 Å². The number of likely N-dealkylation sites (N-methyl/N-ethyl adjacent to an activating group) is 1. The second-order valence-corrected chi connectivity index (χ2v) is 5.51. The fourth-order valence-corrected chi connectivity index (χ4v) is 2.94. The Kier molecular flexibility index (Phi) is 5.92. The molecular formula is C13H27N3O. The summed E-state index contributed by atoms with van der Waals surface area (Å²) in [7, 11) is 2.07. The van der Waals surface area contributed by atoms with Crippen LogP contribution < -0.4 is 11.3 Å². The molecule has 1 amide bonds. The van der Waals surface area contributed by atoms with Gasteiger partial charge in [0, 0.05) is 6.04 Å². The van der Waals surface area contributed by atoms with Crippen molar-refractivity contribution in [3.63, 3.8) is 0 Å². The molecule has 0 spiro atoms. The first-order valence-electron chi connectivity index (χ1n) is 6.80. The van der Waals surface area contributed by atoms with Gasteiger partial charge in [-0.15, -0.1) is 0 Å². The van der Waals surface area contributed by atoms with Crippen molar-refractivity contribution in [3.8, 4) is 0 Å². The van der Waals surface area contributed by atoms with E-state index in [1.165, 1.54) is 38.5 Å². The van der Waals surface area contributed by atoms with Gasteiger partial charge in [0.25, 0.3) is 5.91 Å². The van der Waals surface area contributed by atoms with E-state index in [0.717, 1.165) is 0 Å². The third kappa shape index (κ3) is 3.96. The number of nitrogens with two attached hydrogens (primary N) is 1. The molecule has 1 aliphatic rings. The summed E-state index contributed by atoms with van der Waals surface area (Å²) in [4.78, 5) is 14.1. The van der Waals surface area contributed by atoms with Crippen LogP contribution >= 0.6 is 0 Å². The van der Waals surface area contributed by atoms with E-state index in [2.05, 4.69) is 31.2 Å². The van der Waals surface area contributed by atoms with Gasteiger partial charge in [0.05, 0.1) is 6.04 Å². The van der Waals surface area contributed by atoms with Gasteiger partial charge in [0.15, 0.2) is 0 Å².